The first-order valence-corrected chi connectivity index (χ1v) is 8.45. The van der Waals surface area contributed by atoms with Crippen LogP contribution in [0.15, 0.2) is 53.8 Å². The van der Waals surface area contributed by atoms with E-state index in [1.54, 1.807) is 31.2 Å². The molecule has 0 aliphatic heterocycles. The van der Waals surface area contributed by atoms with E-state index in [1.165, 1.54) is 24.8 Å². The fraction of sp³-hybridized carbons (Fsp3) is 0.167. The SMILES string of the molecule is CC(CO)NC(=O)c1cc(-c2ccc(Cl)cc2)nn(-c2cncnc2)c1=O. The van der Waals surface area contributed by atoms with Crippen molar-refractivity contribution in [3.63, 3.8) is 0 Å². The highest BCUT2D eigenvalue weighted by molar-refractivity contribution is 6.30. The third-order valence-corrected chi connectivity index (χ3v) is 3.99. The van der Waals surface area contributed by atoms with Gasteiger partial charge >= 0.3 is 0 Å². The van der Waals surface area contributed by atoms with E-state index >= 15 is 0 Å². The van der Waals surface area contributed by atoms with Crippen LogP contribution in [0.2, 0.25) is 5.02 Å². The van der Waals surface area contributed by atoms with E-state index < -0.39 is 17.5 Å². The Balaban J connectivity index is 2.17. The fourth-order valence-corrected chi connectivity index (χ4v) is 2.47. The van der Waals surface area contributed by atoms with Crippen molar-refractivity contribution in [2.75, 3.05) is 6.61 Å². The van der Waals surface area contributed by atoms with Crippen LogP contribution in [0.1, 0.15) is 17.3 Å². The molecule has 0 spiro atoms. The molecular formula is C18H16ClN5O3. The number of aliphatic hydroxyl groups excluding tert-OH is 1. The van der Waals surface area contributed by atoms with Gasteiger partial charge in [0.05, 0.1) is 24.7 Å². The third-order valence-electron chi connectivity index (χ3n) is 3.74. The van der Waals surface area contributed by atoms with Gasteiger partial charge in [-0.3, -0.25) is 9.59 Å². The zero-order chi connectivity index (χ0) is 19.4. The average Bonchev–Trinajstić information content (AvgIpc) is 2.69. The number of amides is 1. The number of halogens is 1. The Kier molecular flexibility index (Phi) is 5.58. The first-order chi connectivity index (χ1) is 13.0. The topological polar surface area (TPSA) is 110 Å². The van der Waals surface area contributed by atoms with Crippen LogP contribution in [0, 0.1) is 0 Å². The van der Waals surface area contributed by atoms with Gasteiger partial charge < -0.3 is 10.4 Å². The first kappa shape index (κ1) is 18.7. The van der Waals surface area contributed by atoms with Gasteiger partial charge in [0.15, 0.2) is 0 Å². The molecule has 0 saturated carbocycles. The Morgan fingerprint density at radius 3 is 2.56 bits per heavy atom. The van der Waals surface area contributed by atoms with Gasteiger partial charge in [-0.05, 0) is 25.1 Å². The fourth-order valence-electron chi connectivity index (χ4n) is 2.34. The molecule has 0 bridgehead atoms. The molecule has 8 nitrogen and oxygen atoms in total. The molecule has 2 aromatic heterocycles. The van der Waals surface area contributed by atoms with Crippen LogP contribution >= 0.6 is 11.6 Å². The highest BCUT2D eigenvalue weighted by Crippen LogP contribution is 2.20. The molecule has 1 aromatic carbocycles. The van der Waals surface area contributed by atoms with Crippen molar-refractivity contribution < 1.29 is 9.90 Å². The number of nitrogens with zero attached hydrogens (tertiary/aromatic N) is 4. The van der Waals surface area contributed by atoms with E-state index in [0.717, 1.165) is 4.68 Å². The van der Waals surface area contributed by atoms with Crippen molar-refractivity contribution in [1.29, 1.82) is 0 Å². The zero-order valence-corrected chi connectivity index (χ0v) is 15.1. The molecule has 0 radical (unpaired) electrons. The lowest BCUT2D eigenvalue weighted by molar-refractivity contribution is 0.0920. The van der Waals surface area contributed by atoms with Crippen LogP contribution in [0.4, 0.5) is 0 Å². The Labute approximate surface area is 159 Å². The molecule has 3 rings (SSSR count). The normalized spacial score (nSPS) is 11.8. The van der Waals surface area contributed by atoms with E-state index in [0.29, 0.717) is 22.0 Å². The predicted molar refractivity (Wildman–Crippen MR) is 99.9 cm³/mol. The minimum Gasteiger partial charge on any atom is -0.394 e. The number of hydrogen-bond acceptors (Lipinski definition) is 6. The van der Waals surface area contributed by atoms with Crippen molar-refractivity contribution in [2.24, 2.45) is 0 Å². The number of carbonyl (C=O) groups excluding carboxylic acids is 1. The summed E-state index contributed by atoms with van der Waals surface area (Å²) in [6.07, 6.45) is 4.17. The molecule has 0 fully saturated rings. The van der Waals surface area contributed by atoms with Gasteiger partial charge in [0, 0.05) is 16.6 Å². The molecule has 1 unspecified atom stereocenters. The number of aromatic nitrogens is 4. The maximum Gasteiger partial charge on any atom is 0.284 e. The number of hydrogen-bond donors (Lipinski definition) is 2. The molecule has 138 valence electrons. The molecule has 0 saturated heterocycles. The Morgan fingerprint density at radius 2 is 1.93 bits per heavy atom. The molecule has 3 aromatic rings. The standard InChI is InChI=1S/C18H16ClN5O3/c1-11(9-25)22-17(26)15-6-16(12-2-4-13(19)5-3-12)23-24(18(15)27)14-7-20-10-21-8-14/h2-8,10-11,25H,9H2,1H3,(H,22,26). The molecular weight excluding hydrogens is 370 g/mol. The monoisotopic (exact) mass is 385 g/mol. The van der Waals surface area contributed by atoms with Gasteiger partial charge in [-0.25, -0.2) is 9.97 Å². The average molecular weight is 386 g/mol. The first-order valence-electron chi connectivity index (χ1n) is 8.07. The summed E-state index contributed by atoms with van der Waals surface area (Å²) >= 11 is 5.93. The maximum atomic E-state index is 12.8. The second-order valence-corrected chi connectivity index (χ2v) is 6.26. The lowest BCUT2D eigenvalue weighted by Crippen LogP contribution is -2.39. The van der Waals surface area contributed by atoms with Crippen LogP contribution in [0.3, 0.4) is 0 Å². The summed E-state index contributed by atoms with van der Waals surface area (Å²) in [6.45, 7) is 1.38. The number of aliphatic hydroxyl groups is 1. The Hall–Kier alpha value is -3.10. The predicted octanol–water partition coefficient (Wildman–Crippen LogP) is 1.45. The van der Waals surface area contributed by atoms with Crippen molar-refractivity contribution in [3.05, 3.63) is 70.0 Å². The second-order valence-electron chi connectivity index (χ2n) is 5.82. The molecule has 0 aliphatic rings. The van der Waals surface area contributed by atoms with Crippen molar-refractivity contribution in [1.82, 2.24) is 25.1 Å². The smallest absolute Gasteiger partial charge is 0.284 e. The molecule has 1 amide bonds. The molecule has 27 heavy (non-hydrogen) atoms. The van der Waals surface area contributed by atoms with Gasteiger partial charge in [-0.15, -0.1) is 0 Å². The summed E-state index contributed by atoms with van der Waals surface area (Å²) in [5.41, 5.74) is 0.665. The van der Waals surface area contributed by atoms with Crippen LogP contribution in [0.25, 0.3) is 16.9 Å². The molecule has 0 aliphatic carbocycles. The Morgan fingerprint density at radius 1 is 1.26 bits per heavy atom. The van der Waals surface area contributed by atoms with Crippen LogP contribution < -0.4 is 10.9 Å². The number of rotatable bonds is 5. The summed E-state index contributed by atoms with van der Waals surface area (Å²) in [6, 6.07) is 7.75. The molecule has 2 heterocycles. The van der Waals surface area contributed by atoms with Gasteiger partial charge in [-0.1, -0.05) is 23.7 Å². The van der Waals surface area contributed by atoms with E-state index in [-0.39, 0.29) is 12.2 Å². The minimum atomic E-state index is -0.620. The van der Waals surface area contributed by atoms with Crippen molar-refractivity contribution >= 4 is 17.5 Å². The third kappa shape index (κ3) is 4.18. The van der Waals surface area contributed by atoms with Crippen LogP contribution in [-0.4, -0.2) is 43.4 Å². The number of carbonyl (C=O) groups is 1. The lowest BCUT2D eigenvalue weighted by atomic mass is 10.1. The minimum absolute atomic E-state index is 0.112. The van der Waals surface area contributed by atoms with Gasteiger partial charge in [0.25, 0.3) is 11.5 Å². The highest BCUT2D eigenvalue weighted by Gasteiger charge is 2.19. The van der Waals surface area contributed by atoms with E-state index in [1.807, 2.05) is 0 Å². The molecule has 9 heteroatoms. The summed E-state index contributed by atoms with van der Waals surface area (Å²) in [4.78, 5) is 33.1. The largest absolute Gasteiger partial charge is 0.394 e. The van der Waals surface area contributed by atoms with Gasteiger partial charge in [0.1, 0.15) is 17.6 Å². The quantitative estimate of drug-likeness (QED) is 0.688. The van der Waals surface area contributed by atoms with Crippen LogP contribution in [-0.2, 0) is 0 Å². The van der Waals surface area contributed by atoms with Crippen molar-refractivity contribution in [3.8, 4) is 16.9 Å². The maximum absolute atomic E-state index is 12.8. The molecule has 1 atom stereocenters. The number of benzene rings is 1. The summed E-state index contributed by atoms with van der Waals surface area (Å²) in [7, 11) is 0. The van der Waals surface area contributed by atoms with Gasteiger partial charge in [0.2, 0.25) is 0 Å². The van der Waals surface area contributed by atoms with Crippen LogP contribution in [0.5, 0.6) is 0 Å². The van der Waals surface area contributed by atoms with E-state index in [2.05, 4.69) is 20.4 Å². The molecule has 2 N–H and O–H groups in total. The second kappa shape index (κ2) is 8.07. The van der Waals surface area contributed by atoms with E-state index in [4.69, 9.17) is 16.7 Å². The summed E-state index contributed by atoms with van der Waals surface area (Å²) in [5, 5.41) is 16.6. The summed E-state index contributed by atoms with van der Waals surface area (Å²) in [5.74, 6) is -0.607. The summed E-state index contributed by atoms with van der Waals surface area (Å²) < 4.78 is 1.07. The Bertz CT molecular complexity index is 1010. The lowest BCUT2D eigenvalue weighted by Gasteiger charge is -2.13. The van der Waals surface area contributed by atoms with E-state index in [9.17, 15) is 9.59 Å². The van der Waals surface area contributed by atoms with Crippen molar-refractivity contribution in [2.45, 2.75) is 13.0 Å². The van der Waals surface area contributed by atoms with Gasteiger partial charge in [-0.2, -0.15) is 9.78 Å². The number of nitrogens with one attached hydrogen (secondary N) is 1. The zero-order valence-electron chi connectivity index (χ0n) is 14.3. The highest BCUT2D eigenvalue weighted by atomic mass is 35.5.